The first-order valence-corrected chi connectivity index (χ1v) is 11.3. The molecule has 11 heteroatoms. The maximum atomic E-state index is 13.3. The first-order valence-electron chi connectivity index (χ1n) is 9.69. The van der Waals surface area contributed by atoms with Crippen LogP contribution in [0.4, 0.5) is 13.2 Å². The van der Waals surface area contributed by atoms with Gasteiger partial charge in [0.2, 0.25) is 6.10 Å². The summed E-state index contributed by atoms with van der Waals surface area (Å²) < 4.78 is 81.4. The Morgan fingerprint density at radius 2 is 1.73 bits per heavy atom. The second kappa shape index (κ2) is 7.22. The lowest BCUT2D eigenvalue weighted by Crippen LogP contribution is -2.68. The molecule has 4 aliphatic rings. The van der Waals surface area contributed by atoms with E-state index in [9.17, 15) is 31.2 Å². The fourth-order valence-corrected chi connectivity index (χ4v) is 6.31. The standard InChI is InChI=1S/C19H25F3O7S/c1-10(2)15(23)29-17(3)13-5-11-4-12(6-13)8-18(17,7-11)16(24)28-14(19(20,21)22)9-30(25,26)27/h11-14H,1,4-9H2,2-3H3,(H,25,26,27). The Hall–Kier alpha value is -1.62. The van der Waals surface area contributed by atoms with Crippen LogP contribution >= 0.6 is 0 Å². The first kappa shape index (κ1) is 23.1. The molecule has 0 radical (unpaired) electrons. The van der Waals surface area contributed by atoms with E-state index in [4.69, 9.17) is 14.0 Å². The molecule has 7 nitrogen and oxygen atoms in total. The monoisotopic (exact) mass is 454 g/mol. The molecule has 170 valence electrons. The van der Waals surface area contributed by atoms with E-state index in [0.29, 0.717) is 12.8 Å². The second-order valence-corrected chi connectivity index (χ2v) is 10.6. The zero-order valence-corrected chi connectivity index (χ0v) is 17.5. The lowest BCUT2D eigenvalue weighted by molar-refractivity contribution is -0.259. The smallest absolute Gasteiger partial charge is 0.426 e. The van der Waals surface area contributed by atoms with E-state index in [1.54, 1.807) is 6.92 Å². The molecule has 4 bridgehead atoms. The Kier molecular flexibility index (Phi) is 5.55. The highest BCUT2D eigenvalue weighted by Gasteiger charge is 2.70. The van der Waals surface area contributed by atoms with Crippen LogP contribution in [0.1, 0.15) is 46.0 Å². The number of rotatable bonds is 6. The Labute approximate surface area is 172 Å². The van der Waals surface area contributed by atoms with Gasteiger partial charge in [0.05, 0.1) is 0 Å². The van der Waals surface area contributed by atoms with Gasteiger partial charge in [0.15, 0.2) is 0 Å². The molecule has 0 saturated heterocycles. The van der Waals surface area contributed by atoms with Crippen molar-refractivity contribution in [2.75, 3.05) is 5.75 Å². The highest BCUT2D eigenvalue weighted by atomic mass is 32.2. The Morgan fingerprint density at radius 1 is 1.20 bits per heavy atom. The molecule has 0 aromatic carbocycles. The van der Waals surface area contributed by atoms with E-state index in [2.05, 4.69) is 6.58 Å². The van der Waals surface area contributed by atoms with Gasteiger partial charge in [-0.25, -0.2) is 4.79 Å². The summed E-state index contributed by atoms with van der Waals surface area (Å²) in [6, 6.07) is 0. The van der Waals surface area contributed by atoms with Crippen LogP contribution < -0.4 is 0 Å². The van der Waals surface area contributed by atoms with Crippen LogP contribution in [0.2, 0.25) is 0 Å². The molecule has 0 spiro atoms. The minimum Gasteiger partial charge on any atom is -0.455 e. The molecule has 4 unspecified atom stereocenters. The van der Waals surface area contributed by atoms with E-state index in [-0.39, 0.29) is 36.2 Å². The number of halogens is 3. The number of hydrogen-bond acceptors (Lipinski definition) is 6. The lowest BCUT2D eigenvalue weighted by atomic mass is 9.43. The molecule has 0 heterocycles. The largest absolute Gasteiger partial charge is 0.455 e. The summed E-state index contributed by atoms with van der Waals surface area (Å²) in [5.41, 5.74) is -2.83. The molecule has 4 rings (SSSR count). The SMILES string of the molecule is C=C(C)C(=O)OC1(C)C2CC3CC(C2)CC1(C(=O)OC(CS(=O)(=O)O)C(F)(F)F)C3. The van der Waals surface area contributed by atoms with Gasteiger partial charge in [-0.2, -0.15) is 21.6 Å². The minimum absolute atomic E-state index is 0.0811. The van der Waals surface area contributed by atoms with Gasteiger partial charge < -0.3 is 9.47 Å². The molecule has 0 aliphatic heterocycles. The summed E-state index contributed by atoms with van der Waals surface area (Å²) >= 11 is 0. The number of carbonyl (C=O) groups excluding carboxylic acids is 2. The average molecular weight is 454 g/mol. The topological polar surface area (TPSA) is 107 Å². The van der Waals surface area contributed by atoms with Crippen molar-refractivity contribution in [3.63, 3.8) is 0 Å². The van der Waals surface area contributed by atoms with E-state index in [0.717, 1.165) is 6.42 Å². The average Bonchev–Trinajstić information content (AvgIpc) is 2.56. The lowest BCUT2D eigenvalue weighted by Gasteiger charge is -2.63. The van der Waals surface area contributed by atoms with E-state index in [1.807, 2.05) is 0 Å². The van der Waals surface area contributed by atoms with E-state index < -0.39 is 51.1 Å². The van der Waals surface area contributed by atoms with Crippen molar-refractivity contribution in [1.29, 1.82) is 0 Å². The summed E-state index contributed by atoms with van der Waals surface area (Å²) in [6.45, 7) is 6.50. The van der Waals surface area contributed by atoms with Gasteiger partial charge in [-0.15, -0.1) is 0 Å². The van der Waals surface area contributed by atoms with Crippen molar-refractivity contribution < 1.29 is 45.2 Å². The van der Waals surface area contributed by atoms with Crippen molar-refractivity contribution in [3.8, 4) is 0 Å². The number of esters is 2. The van der Waals surface area contributed by atoms with Crippen LogP contribution in [-0.2, 0) is 29.2 Å². The second-order valence-electron chi connectivity index (χ2n) is 9.09. The first-order chi connectivity index (χ1) is 13.6. The van der Waals surface area contributed by atoms with Crippen LogP contribution in [0.15, 0.2) is 12.2 Å². The van der Waals surface area contributed by atoms with Crippen LogP contribution in [-0.4, -0.2) is 48.5 Å². The van der Waals surface area contributed by atoms with Crippen LogP contribution in [0.5, 0.6) is 0 Å². The minimum atomic E-state index is -5.20. The number of hydrogen-bond donors (Lipinski definition) is 1. The highest BCUT2D eigenvalue weighted by molar-refractivity contribution is 7.85. The van der Waals surface area contributed by atoms with Crippen molar-refractivity contribution in [2.45, 2.75) is 63.8 Å². The van der Waals surface area contributed by atoms with Gasteiger partial charge in [0, 0.05) is 11.5 Å². The van der Waals surface area contributed by atoms with Gasteiger partial charge in [-0.05, 0) is 57.8 Å². The Balaban J connectivity index is 1.97. The maximum absolute atomic E-state index is 13.3. The molecule has 4 aliphatic carbocycles. The van der Waals surface area contributed by atoms with Crippen LogP contribution in [0.3, 0.4) is 0 Å². The van der Waals surface area contributed by atoms with E-state index in [1.165, 1.54) is 6.92 Å². The molecule has 0 amide bonds. The van der Waals surface area contributed by atoms with Gasteiger partial charge in [-0.1, -0.05) is 6.58 Å². The molecule has 0 aromatic heterocycles. The van der Waals surface area contributed by atoms with Gasteiger partial charge >= 0.3 is 18.1 Å². The number of alkyl halides is 3. The number of ether oxygens (including phenoxy) is 2. The third-order valence-corrected chi connectivity index (χ3v) is 7.65. The van der Waals surface area contributed by atoms with Gasteiger partial charge in [0.1, 0.15) is 16.8 Å². The highest BCUT2D eigenvalue weighted by Crippen LogP contribution is 2.66. The fourth-order valence-electron chi connectivity index (χ4n) is 5.67. The molecule has 1 N–H and O–H groups in total. The summed E-state index contributed by atoms with van der Waals surface area (Å²) in [6.07, 6.45) is -5.64. The molecule has 4 atom stereocenters. The van der Waals surface area contributed by atoms with Crippen molar-refractivity contribution in [1.82, 2.24) is 0 Å². The normalized spacial score (nSPS) is 36.3. The maximum Gasteiger partial charge on any atom is 0.426 e. The molecule has 0 aromatic rings. The molecular formula is C19H25F3O7S. The summed E-state index contributed by atoms with van der Waals surface area (Å²) in [4.78, 5) is 25.5. The van der Waals surface area contributed by atoms with Gasteiger partial charge in [-0.3, -0.25) is 9.35 Å². The molecular weight excluding hydrogens is 429 g/mol. The molecule has 4 saturated carbocycles. The summed E-state index contributed by atoms with van der Waals surface area (Å²) in [5.74, 6) is -3.86. The molecule has 30 heavy (non-hydrogen) atoms. The van der Waals surface area contributed by atoms with Crippen molar-refractivity contribution in [2.24, 2.45) is 23.2 Å². The zero-order valence-electron chi connectivity index (χ0n) is 16.7. The quantitative estimate of drug-likeness (QED) is 0.373. The van der Waals surface area contributed by atoms with Crippen LogP contribution in [0.25, 0.3) is 0 Å². The fraction of sp³-hybridized carbons (Fsp3) is 0.789. The third-order valence-electron chi connectivity index (χ3n) is 6.93. The zero-order chi connectivity index (χ0) is 22.7. The van der Waals surface area contributed by atoms with Crippen LogP contribution in [0, 0.1) is 23.2 Å². The van der Waals surface area contributed by atoms with Crippen molar-refractivity contribution >= 4 is 22.1 Å². The van der Waals surface area contributed by atoms with Gasteiger partial charge in [0.25, 0.3) is 10.1 Å². The Bertz CT molecular complexity index is 852. The summed E-state index contributed by atoms with van der Waals surface area (Å²) in [7, 11) is -5.06. The third kappa shape index (κ3) is 3.98. The molecule has 4 fully saturated rings. The predicted molar refractivity (Wildman–Crippen MR) is 97.6 cm³/mol. The van der Waals surface area contributed by atoms with E-state index >= 15 is 0 Å². The predicted octanol–water partition coefficient (Wildman–Crippen LogP) is 3.05. The van der Waals surface area contributed by atoms with Crippen molar-refractivity contribution in [3.05, 3.63) is 12.2 Å². The Morgan fingerprint density at radius 3 is 2.17 bits per heavy atom. The summed E-state index contributed by atoms with van der Waals surface area (Å²) in [5, 5.41) is 0. The number of carbonyl (C=O) groups is 2.